The van der Waals surface area contributed by atoms with Crippen molar-refractivity contribution in [3.05, 3.63) is 62.6 Å². The Morgan fingerprint density at radius 2 is 1.61 bits per heavy atom. The molecule has 2 aliphatic rings. The summed E-state index contributed by atoms with van der Waals surface area (Å²) >= 11 is 0. The van der Waals surface area contributed by atoms with Crippen molar-refractivity contribution in [1.82, 2.24) is 0 Å². The second-order valence-electron chi connectivity index (χ2n) is 6.10. The summed E-state index contributed by atoms with van der Waals surface area (Å²) in [4.78, 5) is 36.5. The lowest BCUT2D eigenvalue weighted by molar-refractivity contribution is 0.0976. The Bertz CT molecular complexity index is 910. The second-order valence-corrected chi connectivity index (χ2v) is 6.10. The van der Waals surface area contributed by atoms with E-state index in [0.29, 0.717) is 17.0 Å². The molecule has 5 heteroatoms. The lowest BCUT2D eigenvalue weighted by Crippen LogP contribution is -2.23. The highest BCUT2D eigenvalue weighted by atomic mass is 16.3. The SMILES string of the molecule is Cc1ccc2c(c1C1CC1)C(=O)c1ccc(N=O)c(O)c1C2=O. The van der Waals surface area contributed by atoms with Crippen molar-refractivity contribution < 1.29 is 14.7 Å². The number of phenolic OH excluding ortho intramolecular Hbond substituents is 1. The minimum Gasteiger partial charge on any atom is -0.505 e. The molecule has 2 aromatic carbocycles. The van der Waals surface area contributed by atoms with E-state index in [9.17, 15) is 19.6 Å². The maximum absolute atomic E-state index is 12.9. The van der Waals surface area contributed by atoms with Crippen LogP contribution in [0.25, 0.3) is 0 Å². The largest absolute Gasteiger partial charge is 0.505 e. The maximum atomic E-state index is 12.9. The molecule has 23 heavy (non-hydrogen) atoms. The van der Waals surface area contributed by atoms with Gasteiger partial charge >= 0.3 is 0 Å². The molecule has 0 unspecified atom stereocenters. The number of rotatable bonds is 2. The van der Waals surface area contributed by atoms with Gasteiger partial charge in [-0.3, -0.25) is 9.59 Å². The highest BCUT2D eigenvalue weighted by Gasteiger charge is 2.38. The van der Waals surface area contributed by atoms with E-state index in [2.05, 4.69) is 5.18 Å². The molecule has 0 heterocycles. The molecule has 5 nitrogen and oxygen atoms in total. The number of ketones is 2. The number of hydrogen-bond donors (Lipinski definition) is 1. The van der Waals surface area contributed by atoms with E-state index in [1.54, 1.807) is 6.07 Å². The predicted molar refractivity (Wildman–Crippen MR) is 83.6 cm³/mol. The fourth-order valence-corrected chi connectivity index (χ4v) is 3.40. The van der Waals surface area contributed by atoms with Gasteiger partial charge in [-0.1, -0.05) is 12.1 Å². The van der Waals surface area contributed by atoms with E-state index in [-0.39, 0.29) is 22.6 Å². The third-order valence-corrected chi connectivity index (χ3v) is 4.65. The average molecular weight is 307 g/mol. The van der Waals surface area contributed by atoms with Crippen molar-refractivity contribution in [1.29, 1.82) is 0 Å². The molecule has 114 valence electrons. The number of fused-ring (bicyclic) bond motifs is 2. The fraction of sp³-hybridized carbons (Fsp3) is 0.222. The minimum atomic E-state index is -0.518. The zero-order chi connectivity index (χ0) is 16.3. The number of benzene rings is 2. The van der Waals surface area contributed by atoms with Gasteiger partial charge < -0.3 is 5.11 Å². The van der Waals surface area contributed by atoms with E-state index in [1.807, 2.05) is 13.0 Å². The van der Waals surface area contributed by atoms with Gasteiger partial charge in [-0.2, -0.15) is 0 Å². The van der Waals surface area contributed by atoms with E-state index >= 15 is 0 Å². The Balaban J connectivity index is 2.03. The van der Waals surface area contributed by atoms with E-state index in [1.165, 1.54) is 12.1 Å². The Hall–Kier alpha value is -2.82. The molecule has 0 amide bonds. The zero-order valence-electron chi connectivity index (χ0n) is 12.4. The van der Waals surface area contributed by atoms with Crippen molar-refractivity contribution in [2.24, 2.45) is 5.18 Å². The summed E-state index contributed by atoms with van der Waals surface area (Å²) in [6.45, 7) is 1.94. The summed E-state index contributed by atoms with van der Waals surface area (Å²) in [5.41, 5.74) is 2.49. The Kier molecular flexibility index (Phi) is 2.75. The molecule has 0 saturated heterocycles. The van der Waals surface area contributed by atoms with Gasteiger partial charge in [0.05, 0.1) is 5.56 Å². The number of nitroso groups, excluding NO2 is 1. The highest BCUT2D eigenvalue weighted by Crippen LogP contribution is 2.47. The van der Waals surface area contributed by atoms with Gasteiger partial charge in [0, 0.05) is 16.7 Å². The highest BCUT2D eigenvalue weighted by molar-refractivity contribution is 6.30. The molecule has 2 aromatic rings. The summed E-state index contributed by atoms with van der Waals surface area (Å²) < 4.78 is 0. The number of aryl methyl sites for hydroxylation is 1. The van der Waals surface area contributed by atoms with Gasteiger partial charge in [0.1, 0.15) is 5.69 Å². The number of carbonyl (C=O) groups is 2. The van der Waals surface area contributed by atoms with Gasteiger partial charge in [-0.25, -0.2) is 0 Å². The molecule has 4 rings (SSSR count). The monoisotopic (exact) mass is 307 g/mol. The summed E-state index contributed by atoms with van der Waals surface area (Å²) in [6, 6.07) is 6.12. The third-order valence-electron chi connectivity index (χ3n) is 4.65. The van der Waals surface area contributed by atoms with Crippen LogP contribution in [0.1, 0.15) is 61.7 Å². The lowest BCUT2D eigenvalue weighted by Gasteiger charge is -2.22. The zero-order valence-corrected chi connectivity index (χ0v) is 12.4. The van der Waals surface area contributed by atoms with E-state index in [0.717, 1.165) is 24.0 Å². The first-order chi connectivity index (χ1) is 11.0. The van der Waals surface area contributed by atoms with Crippen molar-refractivity contribution in [3.63, 3.8) is 0 Å². The molecular weight excluding hydrogens is 294 g/mol. The standard InChI is InChI=1S/C18H13NO4/c1-8-2-5-10-14(13(8)9-3-4-9)16(20)11-6-7-12(19-23)18(22)15(11)17(10)21/h2,5-7,9,22H,3-4H2,1H3. The number of nitrogens with zero attached hydrogens (tertiary/aromatic N) is 1. The number of aromatic hydroxyl groups is 1. The maximum Gasteiger partial charge on any atom is 0.198 e. The summed E-state index contributed by atoms with van der Waals surface area (Å²) in [5.74, 6) is -0.893. The first-order valence-corrected chi connectivity index (χ1v) is 7.46. The average Bonchev–Trinajstić information content (AvgIpc) is 3.36. The predicted octanol–water partition coefficient (Wildman–Crippen LogP) is 3.75. The summed E-state index contributed by atoms with van der Waals surface area (Å²) in [5, 5.41) is 12.8. The van der Waals surface area contributed by atoms with Crippen molar-refractivity contribution in [2.45, 2.75) is 25.7 Å². The summed E-state index contributed by atoms with van der Waals surface area (Å²) in [6.07, 6.45) is 2.04. The molecule has 0 atom stereocenters. The summed E-state index contributed by atoms with van der Waals surface area (Å²) in [7, 11) is 0. The van der Waals surface area contributed by atoms with Crippen molar-refractivity contribution in [2.75, 3.05) is 0 Å². The molecule has 1 N–H and O–H groups in total. The van der Waals surface area contributed by atoms with Crippen LogP contribution in [0, 0.1) is 11.8 Å². The molecule has 0 bridgehead atoms. The smallest absolute Gasteiger partial charge is 0.198 e. The van der Waals surface area contributed by atoms with Gasteiger partial charge in [0.15, 0.2) is 17.3 Å². The van der Waals surface area contributed by atoms with Crippen LogP contribution in [0.3, 0.4) is 0 Å². The van der Waals surface area contributed by atoms with Crippen LogP contribution >= 0.6 is 0 Å². The lowest BCUT2D eigenvalue weighted by atomic mass is 9.79. The topological polar surface area (TPSA) is 83.8 Å². The Morgan fingerprint density at radius 3 is 2.26 bits per heavy atom. The Morgan fingerprint density at radius 1 is 1.00 bits per heavy atom. The normalized spacial score (nSPS) is 16.0. The molecule has 2 aliphatic carbocycles. The van der Waals surface area contributed by atoms with Crippen LogP contribution in [0.2, 0.25) is 0 Å². The number of carbonyl (C=O) groups excluding carboxylic acids is 2. The first-order valence-electron chi connectivity index (χ1n) is 7.46. The van der Waals surface area contributed by atoms with Gasteiger partial charge in [-0.05, 0) is 54.1 Å². The van der Waals surface area contributed by atoms with Crippen LogP contribution < -0.4 is 0 Å². The quantitative estimate of drug-likeness (QED) is 0.731. The molecule has 1 saturated carbocycles. The van der Waals surface area contributed by atoms with Crippen LogP contribution in [0.4, 0.5) is 5.69 Å². The molecule has 0 aliphatic heterocycles. The van der Waals surface area contributed by atoms with Crippen LogP contribution in [-0.4, -0.2) is 16.7 Å². The van der Waals surface area contributed by atoms with E-state index < -0.39 is 11.5 Å². The van der Waals surface area contributed by atoms with Crippen LogP contribution in [0.5, 0.6) is 5.75 Å². The van der Waals surface area contributed by atoms with Crippen LogP contribution in [0.15, 0.2) is 29.4 Å². The van der Waals surface area contributed by atoms with Crippen molar-refractivity contribution >= 4 is 17.3 Å². The number of phenols is 1. The molecule has 0 aromatic heterocycles. The van der Waals surface area contributed by atoms with Gasteiger partial charge in [-0.15, -0.1) is 4.91 Å². The second kappa shape index (κ2) is 4.59. The fourth-order valence-electron chi connectivity index (χ4n) is 3.40. The first kappa shape index (κ1) is 13.8. The number of hydrogen-bond acceptors (Lipinski definition) is 5. The molecule has 0 radical (unpaired) electrons. The third kappa shape index (κ3) is 1.79. The van der Waals surface area contributed by atoms with E-state index in [4.69, 9.17) is 0 Å². The molecular formula is C18H13NO4. The molecule has 1 fully saturated rings. The van der Waals surface area contributed by atoms with Gasteiger partial charge in [0.25, 0.3) is 0 Å². The minimum absolute atomic E-state index is 0.120. The Labute approximate surface area is 131 Å². The molecule has 0 spiro atoms. The van der Waals surface area contributed by atoms with Gasteiger partial charge in [0.2, 0.25) is 0 Å². The van der Waals surface area contributed by atoms with Crippen molar-refractivity contribution in [3.8, 4) is 5.75 Å². The van der Waals surface area contributed by atoms with Crippen LogP contribution in [-0.2, 0) is 0 Å².